The lowest BCUT2D eigenvalue weighted by atomic mass is 9.74. The largest absolute Gasteiger partial charge is 0.455 e. The van der Waals surface area contributed by atoms with E-state index >= 15 is 0 Å². The summed E-state index contributed by atoms with van der Waals surface area (Å²) in [6.45, 7) is 1.20. The zero-order chi connectivity index (χ0) is 15.7. The Bertz CT molecular complexity index is 743. The van der Waals surface area contributed by atoms with Crippen molar-refractivity contribution in [2.24, 2.45) is 0 Å². The van der Waals surface area contributed by atoms with Gasteiger partial charge < -0.3 is 24.2 Å². The standard InChI is InChI=1S/C17H17NO5/c1-18-3-2-8-4-11(19)16-14(15(8)18)9-5-12-13(22-7-21-12)6-10(9)17(20)23-16/h4-6,11,14-16,19H,2-3,7H2,1H3/p+1/t11-,14+,15+,16-/m1/s1. The second kappa shape index (κ2) is 4.49. The Morgan fingerprint density at radius 3 is 2.87 bits per heavy atom. The Labute approximate surface area is 133 Å². The number of rotatable bonds is 0. The van der Waals surface area contributed by atoms with E-state index in [0.29, 0.717) is 17.1 Å². The predicted octanol–water partition coefficient (Wildman–Crippen LogP) is -0.374. The third-order valence-corrected chi connectivity index (χ3v) is 5.54. The molecule has 5 atom stereocenters. The Hall–Kier alpha value is -2.05. The summed E-state index contributed by atoms with van der Waals surface area (Å²) in [4.78, 5) is 13.8. The van der Waals surface area contributed by atoms with Gasteiger partial charge in [0.25, 0.3) is 0 Å². The van der Waals surface area contributed by atoms with Crippen LogP contribution in [-0.2, 0) is 4.74 Å². The van der Waals surface area contributed by atoms with Crippen LogP contribution in [0.3, 0.4) is 0 Å². The zero-order valence-corrected chi connectivity index (χ0v) is 12.7. The Morgan fingerprint density at radius 1 is 1.26 bits per heavy atom. The highest BCUT2D eigenvalue weighted by atomic mass is 16.7. The van der Waals surface area contributed by atoms with E-state index in [9.17, 15) is 9.90 Å². The third-order valence-electron chi connectivity index (χ3n) is 5.54. The number of esters is 1. The molecule has 0 radical (unpaired) electrons. The smallest absolute Gasteiger partial charge is 0.338 e. The van der Waals surface area contributed by atoms with Crippen molar-refractivity contribution >= 4 is 5.97 Å². The van der Waals surface area contributed by atoms with Gasteiger partial charge >= 0.3 is 5.97 Å². The van der Waals surface area contributed by atoms with Crippen LogP contribution in [0.1, 0.15) is 28.3 Å². The fourth-order valence-electron chi connectivity index (χ4n) is 4.51. The SMILES string of the molecule is C[NH+]1CCC2=C[C@@H](O)[C@H]3OC(=O)c4cc5c(cc4[C@H]3[C@H]21)OCO5. The van der Waals surface area contributed by atoms with Gasteiger partial charge in [0, 0.05) is 6.42 Å². The van der Waals surface area contributed by atoms with Crippen molar-refractivity contribution in [3.63, 3.8) is 0 Å². The normalized spacial score (nSPS) is 36.7. The van der Waals surface area contributed by atoms with E-state index in [0.717, 1.165) is 18.5 Å². The van der Waals surface area contributed by atoms with Crippen LogP contribution in [0.2, 0.25) is 0 Å². The first-order valence-corrected chi connectivity index (χ1v) is 7.99. The van der Waals surface area contributed by atoms with Gasteiger partial charge in [-0.2, -0.15) is 0 Å². The minimum atomic E-state index is -0.750. The lowest BCUT2D eigenvalue weighted by molar-refractivity contribution is -0.891. The number of benzene rings is 1. The quantitative estimate of drug-likeness (QED) is 0.505. The number of carbonyl (C=O) groups excluding carboxylic acids is 1. The number of likely N-dealkylation sites (N-methyl/N-ethyl adjacent to an activating group) is 1. The molecule has 6 heteroatoms. The number of likely N-dealkylation sites (tertiary alicyclic amines) is 1. The van der Waals surface area contributed by atoms with E-state index in [-0.39, 0.29) is 18.8 Å². The van der Waals surface area contributed by atoms with E-state index in [4.69, 9.17) is 14.2 Å². The molecule has 1 aliphatic carbocycles. The van der Waals surface area contributed by atoms with Crippen LogP contribution in [0.5, 0.6) is 11.5 Å². The van der Waals surface area contributed by atoms with Crippen molar-refractivity contribution in [2.75, 3.05) is 20.4 Å². The molecule has 1 fully saturated rings. The minimum Gasteiger partial charge on any atom is -0.455 e. The number of quaternary nitrogens is 1. The highest BCUT2D eigenvalue weighted by Crippen LogP contribution is 2.46. The molecule has 0 aromatic heterocycles. The molecular formula is C17H18NO5+. The average Bonchev–Trinajstić information content (AvgIpc) is 3.13. The van der Waals surface area contributed by atoms with Crippen LogP contribution < -0.4 is 14.4 Å². The highest BCUT2D eigenvalue weighted by molar-refractivity contribution is 5.94. The highest BCUT2D eigenvalue weighted by Gasteiger charge is 2.53. The number of ether oxygens (including phenoxy) is 3. The number of hydrogen-bond donors (Lipinski definition) is 2. The molecule has 1 unspecified atom stereocenters. The Kier molecular flexibility index (Phi) is 2.61. The number of carbonyl (C=O) groups is 1. The number of aliphatic hydroxyl groups is 1. The molecule has 0 bridgehead atoms. The molecule has 0 spiro atoms. The molecule has 1 aromatic carbocycles. The molecule has 3 aliphatic heterocycles. The van der Waals surface area contributed by atoms with Crippen LogP contribution in [-0.4, -0.2) is 49.7 Å². The first-order chi connectivity index (χ1) is 11.1. The van der Waals surface area contributed by atoms with E-state index in [1.165, 1.54) is 10.5 Å². The van der Waals surface area contributed by atoms with E-state index in [2.05, 4.69) is 7.05 Å². The van der Waals surface area contributed by atoms with Crippen molar-refractivity contribution in [2.45, 2.75) is 30.6 Å². The van der Waals surface area contributed by atoms with Gasteiger partial charge in [-0.1, -0.05) is 0 Å². The van der Waals surface area contributed by atoms with Crippen molar-refractivity contribution < 1.29 is 29.0 Å². The van der Waals surface area contributed by atoms with Gasteiger partial charge in [0.15, 0.2) is 11.5 Å². The monoisotopic (exact) mass is 316 g/mol. The minimum absolute atomic E-state index is 0.0466. The number of aliphatic hydroxyl groups excluding tert-OH is 1. The van der Waals surface area contributed by atoms with Gasteiger partial charge in [0.1, 0.15) is 18.2 Å². The van der Waals surface area contributed by atoms with Gasteiger partial charge in [-0.05, 0) is 29.3 Å². The predicted molar refractivity (Wildman–Crippen MR) is 78.8 cm³/mol. The number of fused-ring (bicyclic) bond motifs is 6. The third kappa shape index (κ3) is 1.73. The summed E-state index contributed by atoms with van der Waals surface area (Å²) in [5.74, 6) is 0.803. The van der Waals surface area contributed by atoms with E-state index in [1.807, 2.05) is 12.1 Å². The molecule has 5 rings (SSSR count). The first-order valence-electron chi connectivity index (χ1n) is 7.99. The molecule has 0 amide bonds. The molecule has 4 aliphatic rings. The molecule has 1 aromatic rings. The lowest BCUT2D eigenvalue weighted by Gasteiger charge is -2.41. The van der Waals surface area contributed by atoms with Gasteiger partial charge in [-0.15, -0.1) is 0 Å². The van der Waals surface area contributed by atoms with Crippen LogP contribution in [0, 0.1) is 0 Å². The fraction of sp³-hybridized carbons (Fsp3) is 0.471. The molecule has 1 saturated heterocycles. The van der Waals surface area contributed by atoms with Crippen molar-refractivity contribution in [3.8, 4) is 11.5 Å². The van der Waals surface area contributed by atoms with Gasteiger partial charge in [0.2, 0.25) is 6.79 Å². The van der Waals surface area contributed by atoms with Crippen molar-refractivity contribution in [1.29, 1.82) is 0 Å². The van der Waals surface area contributed by atoms with Crippen LogP contribution in [0.25, 0.3) is 0 Å². The summed E-state index contributed by atoms with van der Waals surface area (Å²) >= 11 is 0. The van der Waals surface area contributed by atoms with Crippen LogP contribution >= 0.6 is 0 Å². The molecule has 120 valence electrons. The maximum Gasteiger partial charge on any atom is 0.338 e. The Morgan fingerprint density at radius 2 is 2.04 bits per heavy atom. The molecular weight excluding hydrogens is 298 g/mol. The second-order valence-corrected chi connectivity index (χ2v) is 6.74. The van der Waals surface area contributed by atoms with Crippen LogP contribution in [0.4, 0.5) is 0 Å². The van der Waals surface area contributed by atoms with E-state index < -0.39 is 18.2 Å². The summed E-state index contributed by atoms with van der Waals surface area (Å²) < 4.78 is 16.5. The first kappa shape index (κ1) is 13.4. The Balaban J connectivity index is 1.70. The summed E-state index contributed by atoms with van der Waals surface area (Å²) in [5, 5.41) is 10.5. The summed E-state index contributed by atoms with van der Waals surface area (Å²) in [7, 11) is 2.16. The summed E-state index contributed by atoms with van der Waals surface area (Å²) in [6, 6.07) is 3.85. The second-order valence-electron chi connectivity index (χ2n) is 6.74. The summed E-state index contributed by atoms with van der Waals surface area (Å²) in [5.41, 5.74) is 2.70. The van der Waals surface area contributed by atoms with E-state index in [1.54, 1.807) is 6.07 Å². The van der Waals surface area contributed by atoms with Gasteiger partial charge in [-0.25, -0.2) is 4.79 Å². The number of hydrogen-bond acceptors (Lipinski definition) is 5. The number of nitrogens with one attached hydrogen (secondary N) is 1. The maximum absolute atomic E-state index is 12.4. The van der Waals surface area contributed by atoms with Gasteiger partial charge in [0.05, 0.1) is 25.1 Å². The average molecular weight is 316 g/mol. The molecule has 2 N–H and O–H groups in total. The maximum atomic E-state index is 12.4. The molecule has 23 heavy (non-hydrogen) atoms. The molecule has 6 nitrogen and oxygen atoms in total. The lowest BCUT2D eigenvalue weighted by Crippen LogP contribution is -3.11. The molecule has 3 heterocycles. The molecule has 0 saturated carbocycles. The van der Waals surface area contributed by atoms with Gasteiger partial charge in [-0.3, -0.25) is 0 Å². The summed E-state index contributed by atoms with van der Waals surface area (Å²) in [6.07, 6.45) is 1.58. The van der Waals surface area contributed by atoms with Crippen molar-refractivity contribution in [3.05, 3.63) is 34.9 Å². The topological polar surface area (TPSA) is 69.4 Å². The van der Waals surface area contributed by atoms with Crippen molar-refractivity contribution in [1.82, 2.24) is 0 Å². The van der Waals surface area contributed by atoms with Crippen LogP contribution in [0.15, 0.2) is 23.8 Å². The fourth-order valence-corrected chi connectivity index (χ4v) is 4.51. The zero-order valence-electron chi connectivity index (χ0n) is 12.7.